The maximum Gasteiger partial charge on any atom is 0.114 e. The average molecular weight is 271 g/mol. The van der Waals surface area contributed by atoms with Crippen LogP contribution in [0.1, 0.15) is 18.9 Å². The zero-order valence-electron chi connectivity index (χ0n) is 9.16. The van der Waals surface area contributed by atoms with E-state index in [-0.39, 0.29) is 0 Å². The fourth-order valence-electron chi connectivity index (χ4n) is 2.25. The molecule has 1 fully saturated rings. The lowest BCUT2D eigenvalue weighted by molar-refractivity contribution is 0.345. The van der Waals surface area contributed by atoms with Gasteiger partial charge in [0.05, 0.1) is 21.6 Å². The largest absolute Gasteiger partial charge is 0.317 e. The van der Waals surface area contributed by atoms with Crippen molar-refractivity contribution in [2.75, 3.05) is 13.1 Å². The minimum atomic E-state index is 0.401. The van der Waals surface area contributed by atoms with Gasteiger partial charge in [-0.05, 0) is 38.1 Å². The predicted molar refractivity (Wildman–Crippen MR) is 68.7 cm³/mol. The molecule has 4 nitrogen and oxygen atoms in total. The molecule has 2 aromatic rings. The molecule has 0 amide bonds. The van der Waals surface area contributed by atoms with Gasteiger partial charge in [-0.25, -0.2) is 4.68 Å². The first-order valence-electron chi connectivity index (χ1n) is 5.66. The van der Waals surface area contributed by atoms with Crippen LogP contribution >= 0.6 is 23.2 Å². The zero-order chi connectivity index (χ0) is 11.8. The predicted octanol–water partition coefficient (Wildman–Crippen LogP) is 2.66. The molecule has 1 aliphatic heterocycles. The Kier molecular flexibility index (Phi) is 2.94. The van der Waals surface area contributed by atoms with Crippen molar-refractivity contribution in [3.8, 4) is 0 Å². The van der Waals surface area contributed by atoms with E-state index in [4.69, 9.17) is 23.2 Å². The Balaban J connectivity index is 2.07. The molecule has 0 aliphatic carbocycles. The summed E-state index contributed by atoms with van der Waals surface area (Å²) in [6.45, 7) is 2.04. The van der Waals surface area contributed by atoms with Gasteiger partial charge < -0.3 is 5.32 Å². The van der Waals surface area contributed by atoms with Crippen molar-refractivity contribution in [3.05, 3.63) is 22.2 Å². The molecule has 90 valence electrons. The molecule has 1 saturated heterocycles. The number of benzene rings is 1. The number of nitrogens with zero attached hydrogens (tertiary/aromatic N) is 3. The maximum atomic E-state index is 6.04. The highest BCUT2D eigenvalue weighted by Crippen LogP contribution is 2.29. The Morgan fingerprint density at radius 3 is 2.65 bits per heavy atom. The average Bonchev–Trinajstić information content (AvgIpc) is 2.74. The number of aromatic nitrogens is 3. The van der Waals surface area contributed by atoms with Gasteiger partial charge in [0.2, 0.25) is 0 Å². The summed E-state index contributed by atoms with van der Waals surface area (Å²) in [4.78, 5) is 0. The van der Waals surface area contributed by atoms with Crippen LogP contribution in [0, 0.1) is 0 Å². The first-order valence-corrected chi connectivity index (χ1v) is 6.42. The molecule has 0 unspecified atom stereocenters. The molecule has 1 aromatic carbocycles. The summed E-state index contributed by atoms with van der Waals surface area (Å²) in [5.74, 6) is 0. The van der Waals surface area contributed by atoms with Crippen molar-refractivity contribution in [2.24, 2.45) is 0 Å². The summed E-state index contributed by atoms with van der Waals surface area (Å²) in [5.41, 5.74) is 1.77. The van der Waals surface area contributed by atoms with Gasteiger partial charge in [0.15, 0.2) is 0 Å². The quantitative estimate of drug-likeness (QED) is 0.867. The van der Waals surface area contributed by atoms with Crippen molar-refractivity contribution < 1.29 is 0 Å². The topological polar surface area (TPSA) is 42.7 Å². The molecule has 3 rings (SSSR count). The van der Waals surface area contributed by atoms with Crippen LogP contribution in [0.25, 0.3) is 11.0 Å². The van der Waals surface area contributed by atoms with Crippen molar-refractivity contribution in [2.45, 2.75) is 18.9 Å². The third-order valence-corrected chi connectivity index (χ3v) is 3.89. The van der Waals surface area contributed by atoms with Gasteiger partial charge in [-0.2, -0.15) is 0 Å². The van der Waals surface area contributed by atoms with E-state index in [1.807, 2.05) is 10.7 Å². The lowest BCUT2D eigenvalue weighted by Crippen LogP contribution is -2.29. The van der Waals surface area contributed by atoms with E-state index in [1.54, 1.807) is 6.07 Å². The van der Waals surface area contributed by atoms with Crippen molar-refractivity contribution in [1.82, 2.24) is 20.3 Å². The highest BCUT2D eigenvalue weighted by Gasteiger charge is 2.19. The van der Waals surface area contributed by atoms with Crippen molar-refractivity contribution in [1.29, 1.82) is 0 Å². The van der Waals surface area contributed by atoms with Crippen LogP contribution in [0.2, 0.25) is 10.0 Å². The molecule has 0 radical (unpaired) electrons. The fraction of sp³-hybridized carbons (Fsp3) is 0.455. The standard InChI is InChI=1S/C11H12Cl2N4/c12-8-5-10-11(6-9(8)13)17(16-15-10)7-1-3-14-4-2-7/h5-7,14H,1-4H2. The molecule has 0 spiro atoms. The van der Waals surface area contributed by atoms with Crippen LogP contribution in [-0.2, 0) is 0 Å². The zero-order valence-corrected chi connectivity index (χ0v) is 10.7. The van der Waals surface area contributed by atoms with E-state index < -0.39 is 0 Å². The Hall–Kier alpha value is -0.840. The van der Waals surface area contributed by atoms with Gasteiger partial charge in [0, 0.05) is 0 Å². The number of fused-ring (bicyclic) bond motifs is 1. The van der Waals surface area contributed by atoms with Crippen LogP contribution in [-0.4, -0.2) is 28.1 Å². The number of halogens is 2. The highest BCUT2D eigenvalue weighted by atomic mass is 35.5. The van der Waals surface area contributed by atoms with Gasteiger partial charge >= 0.3 is 0 Å². The summed E-state index contributed by atoms with van der Waals surface area (Å²) in [5, 5.41) is 12.8. The van der Waals surface area contributed by atoms with Gasteiger partial charge in [-0.15, -0.1) is 5.10 Å². The van der Waals surface area contributed by atoms with Crippen LogP contribution < -0.4 is 5.32 Å². The Bertz CT molecular complexity index is 546. The molecule has 6 heteroatoms. The number of hydrogen-bond donors (Lipinski definition) is 1. The van der Waals surface area contributed by atoms with Gasteiger partial charge in [0.1, 0.15) is 5.52 Å². The molecule has 0 atom stereocenters. The van der Waals surface area contributed by atoms with E-state index in [0.717, 1.165) is 37.0 Å². The van der Waals surface area contributed by atoms with Gasteiger partial charge in [-0.1, -0.05) is 28.4 Å². The summed E-state index contributed by atoms with van der Waals surface area (Å²) in [7, 11) is 0. The minimum absolute atomic E-state index is 0.401. The lowest BCUT2D eigenvalue weighted by Gasteiger charge is -2.22. The summed E-state index contributed by atoms with van der Waals surface area (Å²) in [6.07, 6.45) is 2.14. The first-order chi connectivity index (χ1) is 8.25. The molecule has 0 saturated carbocycles. The molecule has 1 N–H and O–H groups in total. The molecule has 1 aromatic heterocycles. The summed E-state index contributed by atoms with van der Waals surface area (Å²) < 4.78 is 1.97. The van der Waals surface area contributed by atoms with E-state index in [0.29, 0.717) is 16.1 Å². The van der Waals surface area contributed by atoms with Gasteiger partial charge in [-0.3, -0.25) is 0 Å². The summed E-state index contributed by atoms with van der Waals surface area (Å²) >= 11 is 12.0. The van der Waals surface area contributed by atoms with Crippen LogP contribution in [0.15, 0.2) is 12.1 Å². The number of rotatable bonds is 1. The maximum absolute atomic E-state index is 6.04. The van der Waals surface area contributed by atoms with E-state index in [2.05, 4.69) is 15.6 Å². The summed E-state index contributed by atoms with van der Waals surface area (Å²) in [6, 6.07) is 4.02. The van der Waals surface area contributed by atoms with E-state index in [9.17, 15) is 0 Å². The monoisotopic (exact) mass is 270 g/mol. The SMILES string of the molecule is Clc1cc2nnn(C3CCNCC3)c2cc1Cl. The second kappa shape index (κ2) is 4.44. The number of nitrogens with one attached hydrogen (secondary N) is 1. The lowest BCUT2D eigenvalue weighted by atomic mass is 10.1. The molecule has 2 heterocycles. The fourth-order valence-corrected chi connectivity index (χ4v) is 2.57. The highest BCUT2D eigenvalue weighted by molar-refractivity contribution is 6.42. The normalized spacial score (nSPS) is 17.8. The van der Waals surface area contributed by atoms with Gasteiger partial charge in [0.25, 0.3) is 0 Å². The molecule has 17 heavy (non-hydrogen) atoms. The second-order valence-electron chi connectivity index (χ2n) is 4.27. The minimum Gasteiger partial charge on any atom is -0.317 e. The Morgan fingerprint density at radius 1 is 1.18 bits per heavy atom. The molecular formula is C11H12Cl2N4. The third kappa shape index (κ3) is 2.01. The van der Waals surface area contributed by atoms with E-state index in [1.165, 1.54) is 0 Å². The Labute approximate surface area is 109 Å². The van der Waals surface area contributed by atoms with Crippen molar-refractivity contribution >= 4 is 34.2 Å². The smallest absolute Gasteiger partial charge is 0.114 e. The van der Waals surface area contributed by atoms with Crippen LogP contribution in [0.3, 0.4) is 0 Å². The molecular weight excluding hydrogens is 259 g/mol. The second-order valence-corrected chi connectivity index (χ2v) is 5.08. The molecule has 1 aliphatic rings. The van der Waals surface area contributed by atoms with Crippen LogP contribution in [0.5, 0.6) is 0 Å². The Morgan fingerprint density at radius 2 is 1.88 bits per heavy atom. The van der Waals surface area contributed by atoms with E-state index >= 15 is 0 Å². The van der Waals surface area contributed by atoms with Crippen LogP contribution in [0.4, 0.5) is 0 Å². The molecule has 0 bridgehead atoms. The van der Waals surface area contributed by atoms with Crippen molar-refractivity contribution in [3.63, 3.8) is 0 Å². The number of hydrogen-bond acceptors (Lipinski definition) is 3. The third-order valence-electron chi connectivity index (χ3n) is 3.17. The first kappa shape index (κ1) is 11.3. The number of piperidine rings is 1.